The van der Waals surface area contributed by atoms with Crippen molar-refractivity contribution in [2.75, 3.05) is 11.9 Å². The summed E-state index contributed by atoms with van der Waals surface area (Å²) in [4.78, 5) is 10.7. The van der Waals surface area contributed by atoms with E-state index >= 15 is 0 Å². The molecule has 0 fully saturated rings. The lowest BCUT2D eigenvalue weighted by Crippen LogP contribution is -2.21. The first-order valence-electron chi connectivity index (χ1n) is 6.63. The lowest BCUT2D eigenvalue weighted by molar-refractivity contribution is 0.629. The monoisotopic (exact) mass is 260 g/mol. The van der Waals surface area contributed by atoms with Gasteiger partial charge in [-0.3, -0.25) is 0 Å². The zero-order valence-corrected chi connectivity index (χ0v) is 11.7. The normalized spacial score (nSPS) is 10.7. The second-order valence-electron chi connectivity index (χ2n) is 4.54. The summed E-state index contributed by atoms with van der Waals surface area (Å²) in [5, 5.41) is 8.11. The molecule has 102 valence electrons. The SMILES string of the molecule is CCCn1cnnc1CN(C)c1ncc(CC)cn1. The lowest BCUT2D eigenvalue weighted by atomic mass is 10.3. The molecule has 2 rings (SSSR count). The number of anilines is 1. The summed E-state index contributed by atoms with van der Waals surface area (Å²) >= 11 is 0. The van der Waals surface area contributed by atoms with Gasteiger partial charge in [0.1, 0.15) is 6.33 Å². The van der Waals surface area contributed by atoms with Gasteiger partial charge in [0.15, 0.2) is 5.82 Å². The third kappa shape index (κ3) is 3.27. The van der Waals surface area contributed by atoms with E-state index in [1.165, 1.54) is 0 Å². The van der Waals surface area contributed by atoms with E-state index in [1.54, 1.807) is 6.33 Å². The number of aryl methyl sites for hydroxylation is 2. The summed E-state index contributed by atoms with van der Waals surface area (Å²) < 4.78 is 2.07. The van der Waals surface area contributed by atoms with Crippen LogP contribution in [0, 0.1) is 0 Å². The molecule has 0 aliphatic rings. The van der Waals surface area contributed by atoms with E-state index in [1.807, 2.05) is 24.3 Å². The van der Waals surface area contributed by atoms with Crippen LogP contribution in [0.15, 0.2) is 18.7 Å². The molecule has 6 heteroatoms. The molecule has 19 heavy (non-hydrogen) atoms. The van der Waals surface area contributed by atoms with Crippen LogP contribution >= 0.6 is 0 Å². The molecule has 0 amide bonds. The van der Waals surface area contributed by atoms with E-state index in [9.17, 15) is 0 Å². The fourth-order valence-corrected chi connectivity index (χ4v) is 1.84. The summed E-state index contributed by atoms with van der Waals surface area (Å²) in [6.45, 7) is 5.83. The van der Waals surface area contributed by atoms with Crippen LogP contribution in [-0.2, 0) is 19.5 Å². The van der Waals surface area contributed by atoms with Crippen molar-refractivity contribution >= 4 is 5.95 Å². The van der Waals surface area contributed by atoms with Gasteiger partial charge in [-0.1, -0.05) is 13.8 Å². The first-order valence-corrected chi connectivity index (χ1v) is 6.63. The third-order valence-corrected chi connectivity index (χ3v) is 2.98. The summed E-state index contributed by atoms with van der Waals surface area (Å²) in [6, 6.07) is 0. The molecule has 2 aromatic heterocycles. The van der Waals surface area contributed by atoms with Crippen molar-refractivity contribution in [2.24, 2.45) is 0 Å². The Bertz CT molecular complexity index is 504. The minimum absolute atomic E-state index is 0.658. The number of hydrogen-bond donors (Lipinski definition) is 0. The van der Waals surface area contributed by atoms with Crippen molar-refractivity contribution in [1.82, 2.24) is 24.7 Å². The van der Waals surface area contributed by atoms with Gasteiger partial charge in [0, 0.05) is 26.0 Å². The fourth-order valence-electron chi connectivity index (χ4n) is 1.84. The summed E-state index contributed by atoms with van der Waals surface area (Å²) in [5.41, 5.74) is 1.14. The predicted octanol–water partition coefficient (Wildman–Crippen LogP) is 1.68. The molecule has 0 saturated carbocycles. The smallest absolute Gasteiger partial charge is 0.225 e. The standard InChI is InChI=1S/C13H20N6/c1-4-6-19-10-16-17-12(19)9-18(3)13-14-7-11(5-2)8-15-13/h7-8,10H,4-6,9H2,1-3H3. The molecule has 0 spiro atoms. The van der Waals surface area contributed by atoms with Crippen molar-refractivity contribution in [3.63, 3.8) is 0 Å². The molecular formula is C13H20N6. The Hall–Kier alpha value is -1.98. The number of hydrogen-bond acceptors (Lipinski definition) is 5. The van der Waals surface area contributed by atoms with Gasteiger partial charge in [0.25, 0.3) is 0 Å². The zero-order chi connectivity index (χ0) is 13.7. The van der Waals surface area contributed by atoms with Crippen LogP contribution in [0.1, 0.15) is 31.7 Å². The summed E-state index contributed by atoms with van der Waals surface area (Å²) in [7, 11) is 1.96. The molecule has 0 aliphatic heterocycles. The Balaban J connectivity index is 2.06. The topological polar surface area (TPSA) is 59.7 Å². The van der Waals surface area contributed by atoms with Gasteiger partial charge in [0.2, 0.25) is 5.95 Å². The Morgan fingerprint density at radius 3 is 2.58 bits per heavy atom. The molecule has 0 bridgehead atoms. The Labute approximate surface area is 113 Å². The van der Waals surface area contributed by atoms with Gasteiger partial charge < -0.3 is 9.47 Å². The highest BCUT2D eigenvalue weighted by Gasteiger charge is 2.10. The lowest BCUT2D eigenvalue weighted by Gasteiger charge is -2.16. The highest BCUT2D eigenvalue weighted by Crippen LogP contribution is 2.09. The van der Waals surface area contributed by atoms with E-state index in [0.717, 1.165) is 30.8 Å². The Morgan fingerprint density at radius 1 is 1.21 bits per heavy atom. The quantitative estimate of drug-likeness (QED) is 0.790. The Kier molecular flexibility index (Phi) is 4.43. The van der Waals surface area contributed by atoms with Crippen LogP contribution in [0.2, 0.25) is 0 Å². The van der Waals surface area contributed by atoms with Crippen LogP contribution in [0.25, 0.3) is 0 Å². The maximum absolute atomic E-state index is 4.36. The van der Waals surface area contributed by atoms with Crippen molar-refractivity contribution < 1.29 is 0 Å². The van der Waals surface area contributed by atoms with Crippen molar-refractivity contribution in [3.05, 3.63) is 30.1 Å². The van der Waals surface area contributed by atoms with Crippen LogP contribution in [0.5, 0.6) is 0 Å². The number of rotatable bonds is 6. The van der Waals surface area contributed by atoms with E-state index in [2.05, 4.69) is 38.6 Å². The van der Waals surface area contributed by atoms with E-state index < -0.39 is 0 Å². The molecule has 6 nitrogen and oxygen atoms in total. The fraction of sp³-hybridized carbons (Fsp3) is 0.538. The summed E-state index contributed by atoms with van der Waals surface area (Å²) in [5.74, 6) is 1.65. The van der Waals surface area contributed by atoms with Crippen LogP contribution < -0.4 is 4.90 Å². The highest BCUT2D eigenvalue weighted by atomic mass is 15.3. The molecule has 0 unspecified atom stereocenters. The molecule has 0 saturated heterocycles. The first kappa shape index (κ1) is 13.5. The molecular weight excluding hydrogens is 240 g/mol. The number of nitrogens with zero attached hydrogens (tertiary/aromatic N) is 6. The minimum Gasteiger partial charge on any atom is -0.336 e. The van der Waals surface area contributed by atoms with Crippen molar-refractivity contribution in [1.29, 1.82) is 0 Å². The van der Waals surface area contributed by atoms with Crippen LogP contribution in [0.4, 0.5) is 5.95 Å². The van der Waals surface area contributed by atoms with Gasteiger partial charge in [-0.15, -0.1) is 10.2 Å². The molecule has 0 radical (unpaired) electrons. The average Bonchev–Trinajstić information content (AvgIpc) is 2.86. The van der Waals surface area contributed by atoms with Crippen LogP contribution in [0.3, 0.4) is 0 Å². The number of aromatic nitrogens is 5. The van der Waals surface area contributed by atoms with Crippen LogP contribution in [-0.4, -0.2) is 31.8 Å². The van der Waals surface area contributed by atoms with Gasteiger partial charge in [-0.25, -0.2) is 9.97 Å². The molecule has 0 aliphatic carbocycles. The molecule has 2 aromatic rings. The molecule has 0 aromatic carbocycles. The third-order valence-electron chi connectivity index (χ3n) is 2.98. The van der Waals surface area contributed by atoms with Crippen molar-refractivity contribution in [2.45, 2.75) is 39.8 Å². The summed E-state index contributed by atoms with van der Waals surface area (Å²) in [6.07, 6.45) is 7.53. The predicted molar refractivity (Wildman–Crippen MR) is 73.8 cm³/mol. The van der Waals surface area contributed by atoms with Crippen molar-refractivity contribution in [3.8, 4) is 0 Å². The highest BCUT2D eigenvalue weighted by molar-refractivity contribution is 5.28. The van der Waals surface area contributed by atoms with Gasteiger partial charge in [0.05, 0.1) is 6.54 Å². The van der Waals surface area contributed by atoms with Gasteiger partial charge >= 0.3 is 0 Å². The van der Waals surface area contributed by atoms with Gasteiger partial charge in [-0.05, 0) is 18.4 Å². The molecule has 0 N–H and O–H groups in total. The van der Waals surface area contributed by atoms with E-state index in [0.29, 0.717) is 12.5 Å². The first-order chi connectivity index (χ1) is 9.24. The minimum atomic E-state index is 0.658. The largest absolute Gasteiger partial charge is 0.336 e. The zero-order valence-electron chi connectivity index (χ0n) is 11.7. The second-order valence-corrected chi connectivity index (χ2v) is 4.54. The van der Waals surface area contributed by atoms with Gasteiger partial charge in [-0.2, -0.15) is 0 Å². The maximum atomic E-state index is 4.36. The average molecular weight is 260 g/mol. The maximum Gasteiger partial charge on any atom is 0.225 e. The second kappa shape index (κ2) is 6.26. The Morgan fingerprint density at radius 2 is 1.95 bits per heavy atom. The van der Waals surface area contributed by atoms with E-state index in [-0.39, 0.29) is 0 Å². The molecule has 2 heterocycles. The molecule has 0 atom stereocenters. The van der Waals surface area contributed by atoms with E-state index in [4.69, 9.17) is 0 Å².